The zero-order valence-corrected chi connectivity index (χ0v) is 9.58. The van der Waals surface area contributed by atoms with Gasteiger partial charge in [-0.25, -0.2) is 0 Å². The standard InChI is InChI=1S/C13H16N2O/c1-9(2)12-11(13(16)15-14-12)8-10-6-4-3-5-7-10/h3-7,9H,8H2,1-2H3,(H2,14,15,16). The molecule has 0 unspecified atom stereocenters. The molecule has 0 spiro atoms. The van der Waals surface area contributed by atoms with Crippen LogP contribution < -0.4 is 5.56 Å². The molecule has 3 heteroatoms. The third-order valence-electron chi connectivity index (χ3n) is 2.71. The molecule has 0 saturated heterocycles. The first-order valence-electron chi connectivity index (χ1n) is 5.52. The number of nitrogens with one attached hydrogen (secondary N) is 2. The van der Waals surface area contributed by atoms with Gasteiger partial charge in [0.2, 0.25) is 0 Å². The molecule has 2 aromatic rings. The van der Waals surface area contributed by atoms with Crippen molar-refractivity contribution >= 4 is 0 Å². The predicted molar refractivity (Wildman–Crippen MR) is 64.8 cm³/mol. The topological polar surface area (TPSA) is 48.6 Å². The van der Waals surface area contributed by atoms with E-state index in [9.17, 15) is 4.79 Å². The van der Waals surface area contributed by atoms with Crippen molar-refractivity contribution in [3.8, 4) is 0 Å². The largest absolute Gasteiger partial charge is 0.302 e. The highest BCUT2D eigenvalue weighted by Gasteiger charge is 2.12. The molecule has 0 amide bonds. The Labute approximate surface area is 94.5 Å². The molecule has 1 heterocycles. The van der Waals surface area contributed by atoms with Crippen molar-refractivity contribution in [3.05, 3.63) is 57.5 Å². The van der Waals surface area contributed by atoms with Gasteiger partial charge in [0.25, 0.3) is 5.56 Å². The van der Waals surface area contributed by atoms with Gasteiger partial charge >= 0.3 is 0 Å². The maximum atomic E-state index is 11.7. The van der Waals surface area contributed by atoms with Crippen LogP contribution in [0.3, 0.4) is 0 Å². The van der Waals surface area contributed by atoms with Gasteiger partial charge in [0, 0.05) is 17.7 Å². The molecule has 3 nitrogen and oxygen atoms in total. The van der Waals surface area contributed by atoms with Crippen molar-refractivity contribution in [2.45, 2.75) is 26.2 Å². The van der Waals surface area contributed by atoms with E-state index in [1.165, 1.54) is 0 Å². The summed E-state index contributed by atoms with van der Waals surface area (Å²) in [7, 11) is 0. The lowest BCUT2D eigenvalue weighted by atomic mass is 10.0. The Kier molecular flexibility index (Phi) is 2.95. The number of aromatic amines is 2. The minimum atomic E-state index is -0.00690. The second-order valence-corrected chi connectivity index (χ2v) is 4.29. The van der Waals surface area contributed by atoms with E-state index in [2.05, 4.69) is 24.0 Å². The molecule has 0 aliphatic heterocycles. The molecule has 2 N–H and O–H groups in total. The van der Waals surface area contributed by atoms with Crippen LogP contribution in [0.4, 0.5) is 0 Å². The summed E-state index contributed by atoms with van der Waals surface area (Å²) in [4.78, 5) is 11.7. The highest BCUT2D eigenvalue weighted by atomic mass is 16.1. The van der Waals surface area contributed by atoms with E-state index in [0.29, 0.717) is 12.3 Å². The summed E-state index contributed by atoms with van der Waals surface area (Å²) in [5, 5.41) is 5.61. The molecule has 1 aromatic heterocycles. The molecule has 0 saturated carbocycles. The normalized spacial score (nSPS) is 10.9. The van der Waals surface area contributed by atoms with Gasteiger partial charge in [-0.15, -0.1) is 0 Å². The Balaban J connectivity index is 2.34. The van der Waals surface area contributed by atoms with Gasteiger partial charge in [0.1, 0.15) is 0 Å². The van der Waals surface area contributed by atoms with Crippen molar-refractivity contribution in [3.63, 3.8) is 0 Å². The first-order valence-corrected chi connectivity index (χ1v) is 5.52. The van der Waals surface area contributed by atoms with Gasteiger partial charge in [-0.05, 0) is 11.5 Å². The average Bonchev–Trinajstić information content (AvgIpc) is 2.62. The smallest absolute Gasteiger partial charge is 0.267 e. The first-order chi connectivity index (χ1) is 7.68. The van der Waals surface area contributed by atoms with Gasteiger partial charge in [-0.2, -0.15) is 0 Å². The summed E-state index contributed by atoms with van der Waals surface area (Å²) in [5.74, 6) is 0.331. The molecular formula is C13H16N2O. The molecule has 0 radical (unpaired) electrons. The number of aromatic nitrogens is 2. The molecule has 0 bridgehead atoms. The number of rotatable bonds is 3. The quantitative estimate of drug-likeness (QED) is 0.813. The molecule has 0 fully saturated rings. The Bertz CT molecular complexity index is 508. The molecule has 2 rings (SSSR count). The number of benzene rings is 1. The lowest BCUT2D eigenvalue weighted by molar-refractivity contribution is 0.799. The number of hydrogen-bond acceptors (Lipinski definition) is 1. The SMILES string of the molecule is CC(C)c1[nH][nH]c(=O)c1Cc1ccccc1. The van der Waals surface area contributed by atoms with E-state index in [-0.39, 0.29) is 5.56 Å². The van der Waals surface area contributed by atoms with Gasteiger partial charge in [-0.1, -0.05) is 44.2 Å². The van der Waals surface area contributed by atoms with E-state index < -0.39 is 0 Å². The Morgan fingerprint density at radius 3 is 2.44 bits per heavy atom. The molecular weight excluding hydrogens is 200 g/mol. The molecule has 84 valence electrons. The third kappa shape index (κ3) is 2.08. The van der Waals surface area contributed by atoms with Gasteiger partial charge in [-0.3, -0.25) is 9.89 Å². The number of hydrogen-bond donors (Lipinski definition) is 2. The van der Waals surface area contributed by atoms with Crippen molar-refractivity contribution in [2.24, 2.45) is 0 Å². The Hall–Kier alpha value is -1.77. The van der Waals surface area contributed by atoms with Crippen LogP contribution in [0, 0.1) is 0 Å². The van der Waals surface area contributed by atoms with E-state index in [1.54, 1.807) is 0 Å². The van der Waals surface area contributed by atoms with Crippen LogP contribution in [-0.4, -0.2) is 10.2 Å². The van der Waals surface area contributed by atoms with Gasteiger partial charge < -0.3 is 5.10 Å². The first kappa shape index (κ1) is 10.7. The summed E-state index contributed by atoms with van der Waals surface area (Å²) < 4.78 is 0. The fourth-order valence-corrected chi connectivity index (χ4v) is 1.87. The second-order valence-electron chi connectivity index (χ2n) is 4.29. The van der Waals surface area contributed by atoms with Crippen LogP contribution in [-0.2, 0) is 6.42 Å². The molecule has 1 aromatic carbocycles. The Morgan fingerprint density at radius 1 is 1.12 bits per heavy atom. The summed E-state index contributed by atoms with van der Waals surface area (Å²) in [6.07, 6.45) is 0.688. The summed E-state index contributed by atoms with van der Waals surface area (Å²) in [5.41, 5.74) is 3.01. The maximum Gasteiger partial charge on any atom is 0.267 e. The van der Waals surface area contributed by atoms with Crippen LogP contribution in [0.5, 0.6) is 0 Å². The summed E-state index contributed by atoms with van der Waals surface area (Å²) in [6, 6.07) is 10.0. The molecule has 16 heavy (non-hydrogen) atoms. The van der Waals surface area contributed by atoms with Crippen molar-refractivity contribution < 1.29 is 0 Å². The lowest BCUT2D eigenvalue weighted by Gasteiger charge is -2.05. The van der Waals surface area contributed by atoms with Crippen LogP contribution in [0.1, 0.15) is 36.6 Å². The lowest BCUT2D eigenvalue weighted by Crippen LogP contribution is -2.08. The number of H-pyrrole nitrogens is 2. The van der Waals surface area contributed by atoms with Crippen molar-refractivity contribution in [1.29, 1.82) is 0 Å². The average molecular weight is 216 g/mol. The fraction of sp³-hybridized carbons (Fsp3) is 0.308. The van der Waals surface area contributed by atoms with E-state index in [0.717, 1.165) is 16.8 Å². The molecule has 0 atom stereocenters. The van der Waals surface area contributed by atoms with Gasteiger partial charge in [0.05, 0.1) is 0 Å². The third-order valence-corrected chi connectivity index (χ3v) is 2.71. The zero-order valence-electron chi connectivity index (χ0n) is 9.58. The van der Waals surface area contributed by atoms with Crippen LogP contribution >= 0.6 is 0 Å². The Morgan fingerprint density at radius 2 is 1.81 bits per heavy atom. The zero-order chi connectivity index (χ0) is 11.5. The monoisotopic (exact) mass is 216 g/mol. The highest BCUT2D eigenvalue weighted by molar-refractivity contribution is 5.28. The molecule has 0 aliphatic rings. The van der Waals surface area contributed by atoms with E-state index in [4.69, 9.17) is 0 Å². The highest BCUT2D eigenvalue weighted by Crippen LogP contribution is 2.16. The minimum Gasteiger partial charge on any atom is -0.302 e. The molecule has 0 aliphatic carbocycles. The van der Waals surface area contributed by atoms with Crippen LogP contribution in [0.15, 0.2) is 35.1 Å². The van der Waals surface area contributed by atoms with Crippen LogP contribution in [0.25, 0.3) is 0 Å². The van der Waals surface area contributed by atoms with Crippen molar-refractivity contribution in [1.82, 2.24) is 10.2 Å². The van der Waals surface area contributed by atoms with Gasteiger partial charge in [0.15, 0.2) is 0 Å². The van der Waals surface area contributed by atoms with E-state index >= 15 is 0 Å². The van der Waals surface area contributed by atoms with E-state index in [1.807, 2.05) is 30.3 Å². The minimum absolute atomic E-state index is 0.00690. The van der Waals surface area contributed by atoms with Crippen LogP contribution in [0.2, 0.25) is 0 Å². The maximum absolute atomic E-state index is 11.7. The summed E-state index contributed by atoms with van der Waals surface area (Å²) in [6.45, 7) is 4.15. The second kappa shape index (κ2) is 4.39. The predicted octanol–water partition coefficient (Wildman–Crippen LogP) is 2.42. The van der Waals surface area contributed by atoms with Crippen molar-refractivity contribution in [2.75, 3.05) is 0 Å². The fourth-order valence-electron chi connectivity index (χ4n) is 1.87. The summed E-state index contributed by atoms with van der Waals surface area (Å²) >= 11 is 0.